The fraction of sp³-hybridized carbons (Fsp3) is 0.0556. The van der Waals surface area contributed by atoms with E-state index in [1.807, 2.05) is 31.2 Å². The topological polar surface area (TPSA) is 46.5 Å². The number of hydrogen-bond donors (Lipinski definition) is 1. The lowest BCUT2D eigenvalue weighted by atomic mass is 10.0. The number of aryl methyl sites for hydroxylation is 1. The van der Waals surface area contributed by atoms with Crippen LogP contribution < -0.4 is 4.74 Å². The third-order valence-electron chi connectivity index (χ3n) is 3.32. The SMILES string of the molecule is Cc1cccc(OC(=O)c2ccc(O)c3ccccc23)c1. The van der Waals surface area contributed by atoms with Gasteiger partial charge < -0.3 is 9.84 Å². The second-order valence-corrected chi connectivity index (χ2v) is 4.88. The van der Waals surface area contributed by atoms with Gasteiger partial charge >= 0.3 is 5.97 Å². The van der Waals surface area contributed by atoms with Crippen molar-refractivity contribution in [3.05, 3.63) is 71.8 Å². The molecule has 0 radical (unpaired) electrons. The number of rotatable bonds is 2. The first-order valence-corrected chi connectivity index (χ1v) is 6.65. The summed E-state index contributed by atoms with van der Waals surface area (Å²) in [5.41, 5.74) is 1.46. The van der Waals surface area contributed by atoms with Crippen molar-refractivity contribution in [1.82, 2.24) is 0 Å². The monoisotopic (exact) mass is 278 g/mol. The Morgan fingerprint density at radius 3 is 2.48 bits per heavy atom. The van der Waals surface area contributed by atoms with Gasteiger partial charge in [0.05, 0.1) is 5.56 Å². The highest BCUT2D eigenvalue weighted by atomic mass is 16.5. The van der Waals surface area contributed by atoms with Gasteiger partial charge in [0, 0.05) is 5.39 Å². The van der Waals surface area contributed by atoms with Crippen LogP contribution in [-0.4, -0.2) is 11.1 Å². The van der Waals surface area contributed by atoms with Crippen LogP contribution >= 0.6 is 0 Å². The van der Waals surface area contributed by atoms with E-state index in [9.17, 15) is 9.90 Å². The van der Waals surface area contributed by atoms with Gasteiger partial charge in [-0.05, 0) is 42.1 Å². The number of esters is 1. The highest BCUT2D eigenvalue weighted by Crippen LogP contribution is 2.28. The molecule has 3 nitrogen and oxygen atoms in total. The van der Waals surface area contributed by atoms with Crippen molar-refractivity contribution in [3.8, 4) is 11.5 Å². The van der Waals surface area contributed by atoms with Crippen LogP contribution in [0.25, 0.3) is 10.8 Å². The van der Waals surface area contributed by atoms with E-state index in [-0.39, 0.29) is 5.75 Å². The Morgan fingerprint density at radius 2 is 1.71 bits per heavy atom. The van der Waals surface area contributed by atoms with Gasteiger partial charge in [0.25, 0.3) is 0 Å². The van der Waals surface area contributed by atoms with Gasteiger partial charge in [-0.25, -0.2) is 4.79 Å². The number of carbonyl (C=O) groups excluding carboxylic acids is 1. The van der Waals surface area contributed by atoms with Crippen molar-refractivity contribution in [2.45, 2.75) is 6.92 Å². The summed E-state index contributed by atoms with van der Waals surface area (Å²) >= 11 is 0. The number of fused-ring (bicyclic) bond motifs is 1. The van der Waals surface area contributed by atoms with Gasteiger partial charge in [-0.2, -0.15) is 0 Å². The Labute approximate surface area is 122 Å². The zero-order valence-electron chi connectivity index (χ0n) is 11.5. The molecule has 104 valence electrons. The summed E-state index contributed by atoms with van der Waals surface area (Å²) in [7, 11) is 0. The van der Waals surface area contributed by atoms with Crippen LogP contribution in [0.3, 0.4) is 0 Å². The molecular weight excluding hydrogens is 264 g/mol. The standard InChI is InChI=1S/C18H14O3/c1-12-5-4-6-13(11-12)21-18(20)16-9-10-17(19)15-8-3-2-7-14(15)16/h2-11,19H,1H3. The lowest BCUT2D eigenvalue weighted by Crippen LogP contribution is -2.09. The molecule has 3 rings (SSSR count). The van der Waals surface area contributed by atoms with Crippen LogP contribution in [0.4, 0.5) is 0 Å². The van der Waals surface area contributed by atoms with E-state index >= 15 is 0 Å². The largest absolute Gasteiger partial charge is 0.507 e. The van der Waals surface area contributed by atoms with Crippen molar-refractivity contribution in [2.75, 3.05) is 0 Å². The third kappa shape index (κ3) is 2.58. The maximum atomic E-state index is 12.3. The van der Waals surface area contributed by atoms with Crippen molar-refractivity contribution < 1.29 is 14.6 Å². The fourth-order valence-electron chi connectivity index (χ4n) is 2.30. The number of benzene rings is 3. The first-order chi connectivity index (χ1) is 10.1. The zero-order valence-corrected chi connectivity index (χ0v) is 11.5. The summed E-state index contributed by atoms with van der Waals surface area (Å²) in [5.74, 6) is 0.228. The van der Waals surface area contributed by atoms with Gasteiger partial charge in [-0.3, -0.25) is 0 Å². The normalized spacial score (nSPS) is 10.5. The summed E-state index contributed by atoms with van der Waals surface area (Å²) in [6.45, 7) is 1.94. The summed E-state index contributed by atoms with van der Waals surface area (Å²) in [6.07, 6.45) is 0. The van der Waals surface area contributed by atoms with Gasteiger partial charge in [0.1, 0.15) is 11.5 Å². The Kier molecular flexibility index (Phi) is 3.32. The second kappa shape index (κ2) is 5.29. The molecule has 0 fully saturated rings. The quantitative estimate of drug-likeness (QED) is 0.567. The Hall–Kier alpha value is -2.81. The number of hydrogen-bond acceptors (Lipinski definition) is 3. The second-order valence-electron chi connectivity index (χ2n) is 4.88. The van der Waals surface area contributed by atoms with E-state index in [0.29, 0.717) is 22.1 Å². The summed E-state index contributed by atoms with van der Waals surface area (Å²) in [5, 5.41) is 11.2. The number of ether oxygens (including phenoxy) is 1. The molecule has 0 bridgehead atoms. The predicted molar refractivity (Wildman–Crippen MR) is 81.8 cm³/mol. The van der Waals surface area contributed by atoms with Gasteiger partial charge in [-0.1, -0.05) is 36.4 Å². The molecule has 0 aliphatic heterocycles. The van der Waals surface area contributed by atoms with E-state index in [1.165, 1.54) is 6.07 Å². The molecule has 0 saturated carbocycles. The molecule has 3 aromatic carbocycles. The van der Waals surface area contributed by atoms with Crippen LogP contribution in [0.15, 0.2) is 60.7 Å². The molecule has 3 aromatic rings. The van der Waals surface area contributed by atoms with Crippen LogP contribution in [0.5, 0.6) is 11.5 Å². The lowest BCUT2D eigenvalue weighted by molar-refractivity contribution is 0.0737. The van der Waals surface area contributed by atoms with Gasteiger partial charge in [0.15, 0.2) is 0 Å². The molecule has 0 heterocycles. The van der Waals surface area contributed by atoms with E-state index in [0.717, 1.165) is 5.56 Å². The molecular formula is C18H14O3. The fourth-order valence-corrected chi connectivity index (χ4v) is 2.30. The van der Waals surface area contributed by atoms with Crippen molar-refractivity contribution in [2.24, 2.45) is 0 Å². The molecule has 0 unspecified atom stereocenters. The maximum Gasteiger partial charge on any atom is 0.344 e. The van der Waals surface area contributed by atoms with E-state index in [4.69, 9.17) is 4.74 Å². The number of phenolic OH excluding ortho intramolecular Hbond substituents is 1. The van der Waals surface area contributed by atoms with Crippen LogP contribution in [-0.2, 0) is 0 Å². The number of carbonyl (C=O) groups is 1. The van der Waals surface area contributed by atoms with Crippen LogP contribution in [0.1, 0.15) is 15.9 Å². The summed E-state index contributed by atoms with van der Waals surface area (Å²) in [4.78, 5) is 12.3. The van der Waals surface area contributed by atoms with Gasteiger partial charge in [-0.15, -0.1) is 0 Å². The number of phenols is 1. The molecule has 0 amide bonds. The highest BCUT2D eigenvalue weighted by Gasteiger charge is 2.14. The summed E-state index contributed by atoms with van der Waals surface area (Å²) < 4.78 is 5.41. The Bertz CT molecular complexity index is 822. The molecule has 1 N–H and O–H groups in total. The lowest BCUT2D eigenvalue weighted by Gasteiger charge is -2.08. The molecule has 0 saturated heterocycles. The zero-order chi connectivity index (χ0) is 14.8. The molecule has 3 heteroatoms. The smallest absolute Gasteiger partial charge is 0.344 e. The van der Waals surface area contributed by atoms with E-state index in [1.54, 1.807) is 30.3 Å². The average molecular weight is 278 g/mol. The first-order valence-electron chi connectivity index (χ1n) is 6.65. The molecule has 0 aromatic heterocycles. The highest BCUT2D eigenvalue weighted by molar-refractivity contribution is 6.06. The van der Waals surface area contributed by atoms with Crippen molar-refractivity contribution >= 4 is 16.7 Å². The molecule has 21 heavy (non-hydrogen) atoms. The third-order valence-corrected chi connectivity index (χ3v) is 3.32. The van der Waals surface area contributed by atoms with Crippen LogP contribution in [0, 0.1) is 6.92 Å². The molecule has 0 aliphatic rings. The van der Waals surface area contributed by atoms with E-state index in [2.05, 4.69) is 0 Å². The molecule has 0 spiro atoms. The number of aromatic hydroxyl groups is 1. The van der Waals surface area contributed by atoms with Gasteiger partial charge in [0.2, 0.25) is 0 Å². The molecule has 0 atom stereocenters. The summed E-state index contributed by atoms with van der Waals surface area (Å²) in [6, 6.07) is 17.6. The maximum absolute atomic E-state index is 12.3. The van der Waals surface area contributed by atoms with Crippen molar-refractivity contribution in [1.29, 1.82) is 0 Å². The Morgan fingerprint density at radius 1 is 0.952 bits per heavy atom. The minimum absolute atomic E-state index is 0.151. The minimum Gasteiger partial charge on any atom is -0.507 e. The molecule has 0 aliphatic carbocycles. The predicted octanol–water partition coefficient (Wildman–Crippen LogP) is 4.07. The Balaban J connectivity index is 2.01. The average Bonchev–Trinajstić information content (AvgIpc) is 2.48. The van der Waals surface area contributed by atoms with E-state index < -0.39 is 5.97 Å². The van der Waals surface area contributed by atoms with Crippen molar-refractivity contribution in [3.63, 3.8) is 0 Å². The minimum atomic E-state index is -0.434. The van der Waals surface area contributed by atoms with Crippen LogP contribution in [0.2, 0.25) is 0 Å². The first kappa shape index (κ1) is 13.2.